The number of benzene rings is 2. The lowest BCUT2D eigenvalue weighted by atomic mass is 10.1. The van der Waals surface area contributed by atoms with Crippen LogP contribution in [0.25, 0.3) is 0 Å². The molecule has 3 nitrogen and oxygen atoms in total. The van der Waals surface area contributed by atoms with Crippen molar-refractivity contribution < 1.29 is 4.79 Å². The summed E-state index contributed by atoms with van der Waals surface area (Å²) in [5.41, 5.74) is 10.0. The van der Waals surface area contributed by atoms with Crippen molar-refractivity contribution in [2.24, 2.45) is 5.73 Å². The van der Waals surface area contributed by atoms with Gasteiger partial charge in [0.25, 0.3) is 5.91 Å². The van der Waals surface area contributed by atoms with Crippen molar-refractivity contribution >= 4 is 5.91 Å². The Morgan fingerprint density at radius 3 is 2.67 bits per heavy atom. The average molecular weight is 280 g/mol. The number of amides is 1. The van der Waals surface area contributed by atoms with Gasteiger partial charge in [-0.2, -0.15) is 0 Å². The molecule has 0 aliphatic heterocycles. The summed E-state index contributed by atoms with van der Waals surface area (Å²) in [6.45, 7) is 0.629. The number of nitrogens with two attached hydrogens (primary N) is 1. The van der Waals surface area contributed by atoms with E-state index >= 15 is 0 Å². The molecule has 0 heterocycles. The van der Waals surface area contributed by atoms with Gasteiger partial charge in [0.2, 0.25) is 0 Å². The van der Waals surface area contributed by atoms with Crippen LogP contribution < -0.4 is 11.1 Å². The monoisotopic (exact) mass is 280 g/mol. The van der Waals surface area contributed by atoms with Crippen molar-refractivity contribution in [1.82, 2.24) is 5.32 Å². The second-order valence-electron chi connectivity index (χ2n) is 5.50. The van der Waals surface area contributed by atoms with E-state index in [0.717, 1.165) is 19.3 Å². The van der Waals surface area contributed by atoms with Crippen LogP contribution in [0.15, 0.2) is 48.5 Å². The molecule has 1 atom stereocenters. The molecule has 0 spiro atoms. The molecular weight excluding hydrogens is 260 g/mol. The first-order valence-corrected chi connectivity index (χ1v) is 7.45. The van der Waals surface area contributed by atoms with Crippen molar-refractivity contribution in [3.63, 3.8) is 0 Å². The van der Waals surface area contributed by atoms with Crippen molar-refractivity contribution in [2.45, 2.75) is 25.3 Å². The smallest absolute Gasteiger partial charge is 0.251 e. The number of hydrogen-bond donors (Lipinski definition) is 2. The Morgan fingerprint density at radius 2 is 1.90 bits per heavy atom. The summed E-state index contributed by atoms with van der Waals surface area (Å²) in [6.07, 6.45) is 2.87. The molecule has 0 bridgehead atoms. The maximum atomic E-state index is 12.3. The molecule has 3 N–H and O–H groups in total. The minimum Gasteiger partial charge on any atom is -0.345 e. The summed E-state index contributed by atoms with van der Waals surface area (Å²) in [5.74, 6) is -0.00370. The van der Waals surface area contributed by atoms with Crippen LogP contribution in [-0.4, -0.2) is 12.5 Å². The molecule has 1 aliphatic carbocycles. The highest BCUT2D eigenvalue weighted by molar-refractivity contribution is 5.94. The van der Waals surface area contributed by atoms with Crippen LogP contribution >= 0.6 is 0 Å². The van der Waals surface area contributed by atoms with Crippen molar-refractivity contribution in [1.29, 1.82) is 0 Å². The zero-order chi connectivity index (χ0) is 14.7. The maximum absolute atomic E-state index is 12.3. The molecule has 0 saturated carbocycles. The fourth-order valence-electron chi connectivity index (χ4n) is 2.94. The number of nitrogens with one attached hydrogen (secondary N) is 1. The molecular formula is C18H20N2O. The number of carbonyl (C=O) groups is 1. The molecule has 3 rings (SSSR count). The van der Waals surface area contributed by atoms with Crippen LogP contribution in [0.3, 0.4) is 0 Å². The highest BCUT2D eigenvalue weighted by Crippen LogP contribution is 2.30. The molecule has 0 aromatic heterocycles. The van der Waals surface area contributed by atoms with Gasteiger partial charge in [-0.25, -0.2) is 0 Å². The Morgan fingerprint density at radius 1 is 1.14 bits per heavy atom. The number of aryl methyl sites for hydroxylation is 1. The van der Waals surface area contributed by atoms with Crippen molar-refractivity contribution in [2.75, 3.05) is 6.54 Å². The van der Waals surface area contributed by atoms with Crippen LogP contribution in [0, 0.1) is 0 Å². The molecule has 1 aliphatic rings. The summed E-state index contributed by atoms with van der Waals surface area (Å²) >= 11 is 0. The van der Waals surface area contributed by atoms with Crippen LogP contribution in [0.4, 0.5) is 0 Å². The summed E-state index contributed by atoms with van der Waals surface area (Å²) < 4.78 is 0. The minimum absolute atomic E-state index is 0.00370. The van der Waals surface area contributed by atoms with E-state index in [2.05, 4.69) is 23.5 Å². The largest absolute Gasteiger partial charge is 0.345 e. The van der Waals surface area contributed by atoms with Gasteiger partial charge in [0, 0.05) is 5.56 Å². The first-order valence-electron chi connectivity index (χ1n) is 7.45. The second-order valence-corrected chi connectivity index (χ2v) is 5.50. The maximum Gasteiger partial charge on any atom is 0.251 e. The molecule has 21 heavy (non-hydrogen) atoms. The number of carbonyl (C=O) groups excluding carboxylic acids is 1. The highest BCUT2D eigenvalue weighted by atomic mass is 16.1. The molecule has 0 saturated heterocycles. The lowest BCUT2D eigenvalue weighted by Crippen LogP contribution is -2.27. The standard InChI is InChI=1S/C18H20N2O/c19-12-11-13-5-7-15(8-6-13)18(21)20-17-10-9-14-3-1-2-4-16(14)17/h1-8,17H,9-12,19H2,(H,20,21). The van der Waals surface area contributed by atoms with Gasteiger partial charge in [0.1, 0.15) is 0 Å². The predicted molar refractivity (Wildman–Crippen MR) is 84.2 cm³/mol. The Bertz CT molecular complexity index is 634. The van der Waals surface area contributed by atoms with Gasteiger partial charge >= 0.3 is 0 Å². The molecule has 3 heteroatoms. The normalized spacial score (nSPS) is 16.5. The third-order valence-electron chi connectivity index (χ3n) is 4.09. The third kappa shape index (κ3) is 2.98. The number of rotatable bonds is 4. The molecule has 0 fully saturated rings. The molecule has 108 valence electrons. The van der Waals surface area contributed by atoms with E-state index in [9.17, 15) is 4.79 Å². The summed E-state index contributed by atoms with van der Waals surface area (Å²) in [6, 6.07) is 16.2. The van der Waals surface area contributed by atoms with Crippen molar-refractivity contribution in [3.8, 4) is 0 Å². The topological polar surface area (TPSA) is 55.1 Å². The van der Waals surface area contributed by atoms with Gasteiger partial charge in [-0.15, -0.1) is 0 Å². The summed E-state index contributed by atoms with van der Waals surface area (Å²) in [5, 5.41) is 3.14. The van der Waals surface area contributed by atoms with E-state index in [0.29, 0.717) is 12.1 Å². The van der Waals surface area contributed by atoms with Gasteiger partial charge in [-0.05, 0) is 54.6 Å². The van der Waals surface area contributed by atoms with Gasteiger partial charge in [0.15, 0.2) is 0 Å². The van der Waals surface area contributed by atoms with Crippen LogP contribution in [0.2, 0.25) is 0 Å². The SMILES string of the molecule is NCCc1ccc(C(=O)NC2CCc3ccccc32)cc1. The summed E-state index contributed by atoms with van der Waals surface area (Å²) in [4.78, 5) is 12.3. The van der Waals surface area contributed by atoms with Crippen LogP contribution in [0.1, 0.15) is 39.5 Å². The van der Waals surface area contributed by atoms with Gasteiger partial charge in [0.05, 0.1) is 6.04 Å². The lowest BCUT2D eigenvalue weighted by molar-refractivity contribution is 0.0936. The Balaban J connectivity index is 1.69. The molecule has 1 unspecified atom stereocenters. The lowest BCUT2D eigenvalue weighted by Gasteiger charge is -2.14. The average Bonchev–Trinajstić information content (AvgIpc) is 2.92. The first kappa shape index (κ1) is 13.8. The Labute approximate surface area is 125 Å². The van der Waals surface area contributed by atoms with Crippen LogP contribution in [0.5, 0.6) is 0 Å². The Hall–Kier alpha value is -2.13. The van der Waals surface area contributed by atoms with Gasteiger partial charge < -0.3 is 11.1 Å². The van der Waals surface area contributed by atoms with E-state index in [1.807, 2.05) is 30.3 Å². The van der Waals surface area contributed by atoms with E-state index < -0.39 is 0 Å². The highest BCUT2D eigenvalue weighted by Gasteiger charge is 2.23. The van der Waals surface area contributed by atoms with Crippen LogP contribution in [-0.2, 0) is 12.8 Å². The molecule has 2 aromatic rings. The number of fused-ring (bicyclic) bond motifs is 1. The summed E-state index contributed by atoms with van der Waals surface area (Å²) in [7, 11) is 0. The van der Waals surface area contributed by atoms with E-state index in [-0.39, 0.29) is 11.9 Å². The van der Waals surface area contributed by atoms with Gasteiger partial charge in [-0.3, -0.25) is 4.79 Å². The fourth-order valence-corrected chi connectivity index (χ4v) is 2.94. The zero-order valence-corrected chi connectivity index (χ0v) is 12.0. The zero-order valence-electron chi connectivity index (χ0n) is 12.0. The van der Waals surface area contributed by atoms with E-state index in [1.165, 1.54) is 16.7 Å². The number of hydrogen-bond acceptors (Lipinski definition) is 2. The second kappa shape index (κ2) is 6.10. The van der Waals surface area contributed by atoms with Crippen molar-refractivity contribution in [3.05, 3.63) is 70.8 Å². The minimum atomic E-state index is -0.00370. The molecule has 2 aromatic carbocycles. The first-order chi connectivity index (χ1) is 10.3. The predicted octanol–water partition coefficient (Wildman–Crippen LogP) is 2.61. The van der Waals surface area contributed by atoms with E-state index in [4.69, 9.17) is 5.73 Å². The Kier molecular flexibility index (Phi) is 4.02. The third-order valence-corrected chi connectivity index (χ3v) is 4.09. The quantitative estimate of drug-likeness (QED) is 0.904. The molecule has 1 amide bonds. The molecule has 0 radical (unpaired) electrons. The fraction of sp³-hybridized carbons (Fsp3) is 0.278. The van der Waals surface area contributed by atoms with Gasteiger partial charge in [-0.1, -0.05) is 36.4 Å². The van der Waals surface area contributed by atoms with E-state index in [1.54, 1.807) is 0 Å².